The third kappa shape index (κ3) is 11.7. The minimum atomic E-state index is -2.03. The van der Waals surface area contributed by atoms with Gasteiger partial charge in [-0.15, -0.1) is 0 Å². The van der Waals surface area contributed by atoms with E-state index >= 15 is 0 Å². The van der Waals surface area contributed by atoms with E-state index in [1.165, 1.54) is 20.8 Å². The number of rotatable bonds is 12. The van der Waals surface area contributed by atoms with Gasteiger partial charge in [-0.25, -0.2) is 0 Å². The predicted molar refractivity (Wildman–Crippen MR) is 200 cm³/mol. The molecule has 0 aromatic carbocycles. The number of aliphatic hydroxyl groups excluding tert-OH is 3. The average Bonchev–Trinajstić information content (AvgIpc) is 3.12. The Bertz CT molecular complexity index is 1350. The fourth-order valence-corrected chi connectivity index (χ4v) is 7.63. The largest absolute Gasteiger partial charge is 0.459 e. The van der Waals surface area contributed by atoms with Gasteiger partial charge in [-0.2, -0.15) is 0 Å². The molecule has 1 aromatic heterocycles. The number of carbonyl (C=O) groups excluding carboxylic acids is 3. The number of esters is 1. The fourth-order valence-electron chi connectivity index (χ4n) is 7.63. The van der Waals surface area contributed by atoms with E-state index in [0.717, 1.165) is 5.56 Å². The van der Waals surface area contributed by atoms with Gasteiger partial charge in [0.25, 0.3) is 0 Å². The molecule has 15 nitrogen and oxygen atoms in total. The van der Waals surface area contributed by atoms with E-state index in [1.54, 1.807) is 40.1 Å². The Morgan fingerprint density at radius 3 is 2.41 bits per heavy atom. The van der Waals surface area contributed by atoms with Crippen molar-refractivity contribution in [2.75, 3.05) is 33.8 Å². The van der Waals surface area contributed by atoms with Crippen LogP contribution in [-0.2, 0) is 39.8 Å². The molecule has 6 N–H and O–H groups in total. The number of ketones is 1. The standard InChI is InChI=1S/C39H66N4O11/c1-11-30-39(8,50)33(47)26(6)35(48)42-22(2)18-38(7,51-21-28(44)20-41-16-14-27-13-12-15-40-19-27)34(24(4)31(45)25(5)36(49)53-30)54-37-32(46)29(43(9)10)17-23(3)52-37/h12-13,15,19,22-26,28-30,32-34,37,41,44,46-47,50H,11,14,16-18,20-21H2,1-10H3,(H,42,48)/t22-,23-,24+,25-,26-,28?,29+,30-,32-,33+,34-,37+,38-,39+/m1/s1. The lowest BCUT2D eigenvalue weighted by Gasteiger charge is -2.47. The number of cyclic esters (lactones) is 1. The summed E-state index contributed by atoms with van der Waals surface area (Å²) in [7, 11) is 3.68. The van der Waals surface area contributed by atoms with Crippen LogP contribution in [0.3, 0.4) is 0 Å². The number of likely N-dealkylation sites (N-methyl/N-ethyl adjacent to an activating group) is 1. The molecule has 3 rings (SSSR count). The predicted octanol–water partition coefficient (Wildman–Crippen LogP) is 0.981. The van der Waals surface area contributed by atoms with Crippen molar-refractivity contribution >= 4 is 17.7 Å². The lowest BCUT2D eigenvalue weighted by Crippen LogP contribution is -2.60. The van der Waals surface area contributed by atoms with Gasteiger partial charge in [0.1, 0.15) is 23.7 Å². The molecular formula is C39H66N4O11. The van der Waals surface area contributed by atoms with Gasteiger partial charge in [0.15, 0.2) is 12.1 Å². The number of amides is 1. The molecule has 15 heteroatoms. The van der Waals surface area contributed by atoms with E-state index in [0.29, 0.717) is 19.4 Å². The molecule has 0 radical (unpaired) electrons. The first kappa shape index (κ1) is 45.8. The molecule has 2 fully saturated rings. The van der Waals surface area contributed by atoms with Crippen LogP contribution in [0, 0.1) is 17.8 Å². The highest BCUT2D eigenvalue weighted by molar-refractivity contribution is 6.00. The first-order valence-electron chi connectivity index (χ1n) is 19.2. The maximum atomic E-state index is 14.3. The molecule has 0 bridgehead atoms. The second kappa shape index (κ2) is 20.0. The number of hydrogen-bond acceptors (Lipinski definition) is 14. The van der Waals surface area contributed by atoms with Crippen molar-refractivity contribution in [1.82, 2.24) is 20.5 Å². The highest BCUT2D eigenvalue weighted by Crippen LogP contribution is 2.36. The smallest absolute Gasteiger partial charge is 0.316 e. The van der Waals surface area contributed by atoms with E-state index in [1.807, 2.05) is 38.1 Å². The lowest BCUT2D eigenvalue weighted by molar-refractivity contribution is -0.298. The normalized spacial score (nSPS) is 38.3. The van der Waals surface area contributed by atoms with Gasteiger partial charge < -0.3 is 54.9 Å². The SMILES string of the molecule is CC[C@H]1OC(=O)[C@H](C)C(=O)[C@H](C)[C@@H](O[C@@H]2O[C@H](C)C[C@H](N(C)C)[C@H]2O)[C@](C)(OCC(O)CNCCc2cccnc2)C[C@@H](C)NC(=O)[C@H](C)[C@H](O)[C@@]1(C)O. The summed E-state index contributed by atoms with van der Waals surface area (Å²) in [6.45, 7) is 13.3. The number of ether oxygens (including phenoxy) is 4. The van der Waals surface area contributed by atoms with Crippen LogP contribution in [0.2, 0.25) is 0 Å². The molecule has 2 aliphatic heterocycles. The van der Waals surface area contributed by atoms with Crippen LogP contribution in [0.1, 0.15) is 80.2 Å². The number of nitrogens with one attached hydrogen (secondary N) is 2. The van der Waals surface area contributed by atoms with Crippen LogP contribution in [0.25, 0.3) is 0 Å². The topological polar surface area (TPSA) is 209 Å². The number of pyridine rings is 1. The Morgan fingerprint density at radius 2 is 1.80 bits per heavy atom. The van der Waals surface area contributed by atoms with Crippen LogP contribution >= 0.6 is 0 Å². The molecule has 0 saturated carbocycles. The maximum absolute atomic E-state index is 14.3. The first-order valence-corrected chi connectivity index (χ1v) is 19.2. The van der Waals surface area contributed by atoms with Crippen LogP contribution in [0.5, 0.6) is 0 Å². The van der Waals surface area contributed by atoms with Gasteiger partial charge in [-0.05, 0) is 92.6 Å². The summed E-state index contributed by atoms with van der Waals surface area (Å²) >= 11 is 0. The van der Waals surface area contributed by atoms with E-state index in [2.05, 4.69) is 15.6 Å². The van der Waals surface area contributed by atoms with Gasteiger partial charge in [-0.1, -0.05) is 26.8 Å². The molecule has 1 aromatic rings. The molecule has 1 unspecified atom stereocenters. The number of aliphatic hydroxyl groups is 4. The van der Waals surface area contributed by atoms with Crippen LogP contribution in [-0.4, -0.2) is 148 Å². The zero-order valence-electron chi connectivity index (χ0n) is 33.7. The monoisotopic (exact) mass is 766 g/mol. The molecule has 2 aliphatic rings. The van der Waals surface area contributed by atoms with Crippen LogP contribution in [0.15, 0.2) is 24.5 Å². The fraction of sp³-hybridized carbons (Fsp3) is 0.795. The highest BCUT2D eigenvalue weighted by Gasteiger charge is 2.51. The number of nitrogens with zero attached hydrogens (tertiary/aromatic N) is 2. The zero-order valence-corrected chi connectivity index (χ0v) is 33.7. The summed E-state index contributed by atoms with van der Waals surface area (Å²) in [6, 6.07) is 2.83. The quantitative estimate of drug-likeness (QED) is 0.0997. The van der Waals surface area contributed by atoms with Crippen molar-refractivity contribution < 1.29 is 53.8 Å². The number of carbonyl (C=O) groups is 3. The summed E-state index contributed by atoms with van der Waals surface area (Å²) in [5, 5.41) is 51.3. The highest BCUT2D eigenvalue weighted by atomic mass is 16.7. The summed E-state index contributed by atoms with van der Waals surface area (Å²) in [5.74, 6) is -5.60. The molecule has 308 valence electrons. The van der Waals surface area contributed by atoms with E-state index in [-0.39, 0.29) is 38.1 Å². The average molecular weight is 767 g/mol. The minimum absolute atomic E-state index is 0.0350. The molecule has 0 aliphatic carbocycles. The van der Waals surface area contributed by atoms with Crippen molar-refractivity contribution in [3.63, 3.8) is 0 Å². The third-order valence-corrected chi connectivity index (χ3v) is 11.0. The summed E-state index contributed by atoms with van der Waals surface area (Å²) in [4.78, 5) is 47.4. The molecule has 2 saturated heterocycles. The lowest BCUT2D eigenvalue weighted by atomic mass is 9.79. The summed E-state index contributed by atoms with van der Waals surface area (Å²) in [6.07, 6.45) is -2.84. The van der Waals surface area contributed by atoms with Crippen LogP contribution in [0.4, 0.5) is 0 Å². The Hall–Kier alpha value is -2.60. The number of aromatic nitrogens is 1. The Morgan fingerprint density at radius 1 is 1.11 bits per heavy atom. The molecular weight excluding hydrogens is 700 g/mol. The summed E-state index contributed by atoms with van der Waals surface area (Å²) < 4.78 is 25.0. The third-order valence-electron chi connectivity index (χ3n) is 11.0. The molecule has 0 spiro atoms. The number of Topliss-reactive ketones (excluding diaryl/α,β-unsaturated/α-hetero) is 1. The van der Waals surface area contributed by atoms with Crippen molar-refractivity contribution in [2.45, 2.75) is 147 Å². The van der Waals surface area contributed by atoms with E-state index < -0.39 is 89.5 Å². The Kier molecular flexibility index (Phi) is 17.0. The maximum Gasteiger partial charge on any atom is 0.316 e. The molecule has 54 heavy (non-hydrogen) atoms. The summed E-state index contributed by atoms with van der Waals surface area (Å²) in [5.41, 5.74) is -2.43. The second-order valence-corrected chi connectivity index (χ2v) is 16.0. The van der Waals surface area contributed by atoms with Crippen molar-refractivity contribution in [3.05, 3.63) is 30.1 Å². The zero-order chi connectivity index (χ0) is 40.5. The van der Waals surface area contributed by atoms with Crippen LogP contribution < -0.4 is 10.6 Å². The van der Waals surface area contributed by atoms with Gasteiger partial charge in [0.2, 0.25) is 5.91 Å². The van der Waals surface area contributed by atoms with Gasteiger partial charge >= 0.3 is 5.97 Å². The van der Waals surface area contributed by atoms with E-state index in [9.17, 15) is 34.8 Å². The molecule has 3 heterocycles. The second-order valence-electron chi connectivity index (χ2n) is 16.0. The first-order chi connectivity index (χ1) is 25.2. The van der Waals surface area contributed by atoms with Gasteiger partial charge in [-0.3, -0.25) is 19.4 Å². The molecule has 1 amide bonds. The number of hydrogen-bond donors (Lipinski definition) is 6. The van der Waals surface area contributed by atoms with Crippen molar-refractivity contribution in [3.8, 4) is 0 Å². The minimum Gasteiger partial charge on any atom is -0.459 e. The Balaban J connectivity index is 2.02. The van der Waals surface area contributed by atoms with E-state index in [4.69, 9.17) is 18.9 Å². The van der Waals surface area contributed by atoms with Crippen molar-refractivity contribution in [2.24, 2.45) is 17.8 Å². The molecule has 14 atom stereocenters. The van der Waals surface area contributed by atoms with Gasteiger partial charge in [0, 0.05) is 36.9 Å². The van der Waals surface area contributed by atoms with Crippen molar-refractivity contribution in [1.29, 1.82) is 0 Å². The van der Waals surface area contributed by atoms with Gasteiger partial charge in [0.05, 0.1) is 42.5 Å². The Labute approximate surface area is 320 Å².